The summed E-state index contributed by atoms with van der Waals surface area (Å²) < 4.78 is 12.7. The number of nitrogens with zero attached hydrogens (tertiary/aromatic N) is 1. The molecule has 0 radical (unpaired) electrons. The zero-order valence-corrected chi connectivity index (χ0v) is 7.23. The van der Waals surface area contributed by atoms with Crippen LogP contribution < -0.4 is 0 Å². The van der Waals surface area contributed by atoms with Crippen molar-refractivity contribution in [3.05, 3.63) is 29.8 Å². The van der Waals surface area contributed by atoms with E-state index >= 15 is 0 Å². The van der Waals surface area contributed by atoms with Crippen molar-refractivity contribution in [2.24, 2.45) is 0 Å². The number of rotatable bonds is 0. The minimum absolute atomic E-state index is 0.340. The van der Waals surface area contributed by atoms with Crippen LogP contribution in [-0.4, -0.2) is 10.3 Å². The van der Waals surface area contributed by atoms with Crippen molar-refractivity contribution in [2.45, 2.75) is 0 Å². The molecule has 1 aromatic heterocycles. The van der Waals surface area contributed by atoms with Gasteiger partial charge in [-0.05, 0) is 12.1 Å². The lowest BCUT2D eigenvalue weighted by Crippen LogP contribution is -1.86. The van der Waals surface area contributed by atoms with Gasteiger partial charge in [-0.15, -0.1) is 0 Å². The smallest absolute Gasteiger partial charge is 0.227 e. The highest BCUT2D eigenvalue weighted by Crippen LogP contribution is 1.99. The molecule has 0 aromatic carbocycles. The van der Waals surface area contributed by atoms with Gasteiger partial charge in [0.05, 0.1) is 10.9 Å². The topological polar surface area (TPSA) is 12.9 Å². The first-order valence-corrected chi connectivity index (χ1v) is 4.12. The maximum absolute atomic E-state index is 12.7. The van der Waals surface area contributed by atoms with Crippen LogP contribution in [0.25, 0.3) is 0 Å². The molecule has 3 heteroatoms. The maximum atomic E-state index is 12.7. The first kappa shape index (κ1) is 8.22. The number of aromatic nitrogens is 1. The van der Waals surface area contributed by atoms with Crippen molar-refractivity contribution < 1.29 is 4.39 Å². The molecule has 0 saturated heterocycles. The predicted molar refractivity (Wildman–Crippen MR) is 44.9 cm³/mol. The van der Waals surface area contributed by atoms with Crippen LogP contribution in [0, 0.1) is 17.8 Å². The van der Waals surface area contributed by atoms with E-state index in [2.05, 4.69) is 32.8 Å². The standard InChI is InChI=1S/C8H5BrFN/c9-5-1-3-7-4-2-6-11-8(7)10/h2,4,6H,5H2. The van der Waals surface area contributed by atoms with Crippen molar-refractivity contribution in [3.8, 4) is 11.8 Å². The Morgan fingerprint density at radius 1 is 1.64 bits per heavy atom. The van der Waals surface area contributed by atoms with Crippen LogP contribution in [-0.2, 0) is 0 Å². The van der Waals surface area contributed by atoms with E-state index in [-0.39, 0.29) is 0 Å². The summed E-state index contributed by atoms with van der Waals surface area (Å²) >= 11 is 3.11. The molecule has 11 heavy (non-hydrogen) atoms. The Morgan fingerprint density at radius 2 is 2.45 bits per heavy atom. The summed E-state index contributed by atoms with van der Waals surface area (Å²) in [4.78, 5) is 3.45. The normalized spacial score (nSPS) is 8.55. The van der Waals surface area contributed by atoms with Crippen LogP contribution in [0.2, 0.25) is 0 Å². The molecule has 0 amide bonds. The Balaban J connectivity index is 2.95. The Labute approximate surface area is 72.8 Å². The molecule has 0 aliphatic rings. The third-order valence-corrected chi connectivity index (χ3v) is 1.33. The van der Waals surface area contributed by atoms with Gasteiger partial charge in [-0.3, -0.25) is 0 Å². The summed E-state index contributed by atoms with van der Waals surface area (Å²) in [6.07, 6.45) is 1.40. The minimum Gasteiger partial charge on any atom is -0.227 e. The SMILES string of the molecule is Fc1ncccc1C#CCBr. The highest BCUT2D eigenvalue weighted by Gasteiger charge is 1.95. The molecule has 0 spiro atoms. The molecular formula is C8H5BrFN. The molecule has 0 aliphatic carbocycles. The zero-order chi connectivity index (χ0) is 8.10. The fourth-order valence-corrected chi connectivity index (χ4v) is 0.748. The van der Waals surface area contributed by atoms with Gasteiger partial charge in [0.25, 0.3) is 0 Å². The largest absolute Gasteiger partial charge is 0.228 e. The Kier molecular flexibility index (Phi) is 3.06. The molecule has 0 N–H and O–H groups in total. The zero-order valence-electron chi connectivity index (χ0n) is 5.64. The number of alkyl halides is 1. The quantitative estimate of drug-likeness (QED) is 0.365. The summed E-state index contributed by atoms with van der Waals surface area (Å²) in [6, 6.07) is 3.25. The Bertz CT molecular complexity index is 300. The summed E-state index contributed by atoms with van der Waals surface area (Å²) in [5.74, 6) is 4.81. The van der Waals surface area contributed by atoms with Gasteiger partial charge in [0, 0.05) is 6.20 Å². The fraction of sp³-hybridized carbons (Fsp3) is 0.125. The first-order valence-electron chi connectivity index (χ1n) is 3.00. The van der Waals surface area contributed by atoms with Crippen LogP contribution in [0.1, 0.15) is 5.56 Å². The van der Waals surface area contributed by atoms with Gasteiger partial charge >= 0.3 is 0 Å². The summed E-state index contributed by atoms with van der Waals surface area (Å²) in [6.45, 7) is 0. The van der Waals surface area contributed by atoms with Crippen molar-refractivity contribution in [2.75, 3.05) is 5.33 Å². The van der Waals surface area contributed by atoms with Gasteiger partial charge in [-0.1, -0.05) is 27.8 Å². The van der Waals surface area contributed by atoms with Crippen LogP contribution in [0.4, 0.5) is 4.39 Å². The van der Waals surface area contributed by atoms with E-state index in [1.165, 1.54) is 6.20 Å². The third kappa shape index (κ3) is 2.32. The van der Waals surface area contributed by atoms with Gasteiger partial charge in [-0.2, -0.15) is 4.39 Å². The van der Waals surface area contributed by atoms with E-state index in [9.17, 15) is 4.39 Å². The lowest BCUT2D eigenvalue weighted by Gasteiger charge is -1.88. The first-order chi connectivity index (χ1) is 5.34. The second-order valence-electron chi connectivity index (χ2n) is 1.78. The maximum Gasteiger partial charge on any atom is 0.228 e. The number of hydrogen-bond donors (Lipinski definition) is 0. The summed E-state index contributed by atoms with van der Waals surface area (Å²) in [5.41, 5.74) is 0.340. The average molecular weight is 214 g/mol. The van der Waals surface area contributed by atoms with E-state index in [4.69, 9.17) is 0 Å². The molecule has 0 aliphatic heterocycles. The lowest BCUT2D eigenvalue weighted by atomic mass is 10.3. The van der Waals surface area contributed by atoms with Gasteiger partial charge in [0.1, 0.15) is 0 Å². The second kappa shape index (κ2) is 4.09. The van der Waals surface area contributed by atoms with Gasteiger partial charge < -0.3 is 0 Å². The van der Waals surface area contributed by atoms with E-state index < -0.39 is 5.95 Å². The minimum atomic E-state index is -0.513. The van der Waals surface area contributed by atoms with E-state index in [1.54, 1.807) is 12.1 Å². The van der Waals surface area contributed by atoms with Crippen LogP contribution >= 0.6 is 15.9 Å². The molecular weight excluding hydrogens is 209 g/mol. The molecule has 0 saturated carbocycles. The van der Waals surface area contributed by atoms with Gasteiger partial charge in [0.15, 0.2) is 0 Å². The van der Waals surface area contributed by atoms with Gasteiger partial charge in [0.2, 0.25) is 5.95 Å². The van der Waals surface area contributed by atoms with Crippen LogP contribution in [0.3, 0.4) is 0 Å². The average Bonchev–Trinajstić information content (AvgIpc) is 2.03. The highest BCUT2D eigenvalue weighted by atomic mass is 79.9. The van der Waals surface area contributed by atoms with E-state index in [0.29, 0.717) is 10.9 Å². The summed E-state index contributed by atoms with van der Waals surface area (Å²) in [7, 11) is 0. The van der Waals surface area contributed by atoms with Crippen LogP contribution in [0.15, 0.2) is 18.3 Å². The molecule has 0 atom stereocenters. The number of pyridine rings is 1. The van der Waals surface area contributed by atoms with Crippen molar-refractivity contribution >= 4 is 15.9 Å². The molecule has 1 aromatic rings. The number of hydrogen-bond acceptors (Lipinski definition) is 1. The monoisotopic (exact) mass is 213 g/mol. The van der Waals surface area contributed by atoms with E-state index in [1.807, 2.05) is 0 Å². The second-order valence-corrected chi connectivity index (χ2v) is 2.34. The summed E-state index contributed by atoms with van der Waals surface area (Å²) in [5, 5.41) is 0.543. The molecule has 0 unspecified atom stereocenters. The van der Waals surface area contributed by atoms with E-state index in [0.717, 1.165) is 0 Å². The van der Waals surface area contributed by atoms with Gasteiger partial charge in [-0.25, -0.2) is 4.98 Å². The Morgan fingerprint density at radius 3 is 3.09 bits per heavy atom. The van der Waals surface area contributed by atoms with Crippen molar-refractivity contribution in [1.29, 1.82) is 0 Å². The number of halogens is 2. The van der Waals surface area contributed by atoms with Crippen molar-refractivity contribution in [1.82, 2.24) is 4.98 Å². The highest BCUT2D eigenvalue weighted by molar-refractivity contribution is 9.09. The third-order valence-electron chi connectivity index (χ3n) is 1.05. The Hall–Kier alpha value is -0.880. The van der Waals surface area contributed by atoms with Crippen LogP contribution in [0.5, 0.6) is 0 Å². The molecule has 56 valence electrons. The fourth-order valence-electron chi connectivity index (χ4n) is 0.608. The lowest BCUT2D eigenvalue weighted by molar-refractivity contribution is 0.580. The molecule has 0 bridgehead atoms. The van der Waals surface area contributed by atoms with Crippen molar-refractivity contribution in [3.63, 3.8) is 0 Å². The molecule has 1 rings (SSSR count). The molecule has 1 heterocycles. The molecule has 0 fully saturated rings. The predicted octanol–water partition coefficient (Wildman–Crippen LogP) is 1.97. The molecule has 1 nitrogen and oxygen atoms in total.